The molecule has 0 heterocycles. The minimum absolute atomic E-state index is 0.129. The first-order valence-electron chi connectivity index (χ1n) is 10.1. The van der Waals surface area contributed by atoms with E-state index in [0.717, 1.165) is 39.5 Å². The average molecular weight is 413 g/mol. The van der Waals surface area contributed by atoms with Crippen LogP contribution in [-0.4, -0.2) is 21.3 Å². The first-order chi connectivity index (χ1) is 13.6. The molecule has 0 spiro atoms. The standard InChI is InChI=1S/C23H32O2.C3H4O2/c1-14-9-16(20(24)18(11-14)22(3,4)5)13-17-10-15(2)12-19(21(17)25)23(6,7)8;1-2-3(4)5/h9-12,24-25H,13H2,1-8H3;2H,1H2,(H,4,5). The normalized spacial score (nSPS) is 11.5. The van der Waals surface area contributed by atoms with Crippen molar-refractivity contribution >= 4 is 5.97 Å². The molecule has 0 bridgehead atoms. The summed E-state index contributed by atoms with van der Waals surface area (Å²) >= 11 is 0. The summed E-state index contributed by atoms with van der Waals surface area (Å²) in [5.74, 6) is -0.294. The van der Waals surface area contributed by atoms with Gasteiger partial charge in [-0.05, 0) is 46.9 Å². The van der Waals surface area contributed by atoms with Crippen molar-refractivity contribution in [1.82, 2.24) is 0 Å². The first-order valence-corrected chi connectivity index (χ1v) is 10.1. The Labute approximate surface area is 180 Å². The zero-order valence-corrected chi connectivity index (χ0v) is 19.6. The van der Waals surface area contributed by atoms with Crippen LogP contribution in [0.25, 0.3) is 0 Å². The fourth-order valence-electron chi connectivity index (χ4n) is 3.33. The van der Waals surface area contributed by atoms with Crippen LogP contribution in [0.4, 0.5) is 0 Å². The number of aryl methyl sites for hydroxylation is 2. The van der Waals surface area contributed by atoms with Gasteiger partial charge in [0.1, 0.15) is 11.5 Å². The van der Waals surface area contributed by atoms with E-state index < -0.39 is 5.97 Å². The zero-order valence-electron chi connectivity index (χ0n) is 19.6. The smallest absolute Gasteiger partial charge is 0.327 e. The van der Waals surface area contributed by atoms with Gasteiger partial charge in [-0.1, -0.05) is 83.5 Å². The van der Waals surface area contributed by atoms with Crippen LogP contribution in [0.1, 0.15) is 74.9 Å². The Morgan fingerprint density at radius 1 is 0.833 bits per heavy atom. The Morgan fingerprint density at radius 3 is 1.37 bits per heavy atom. The molecule has 0 unspecified atom stereocenters. The number of carboxylic acid groups (broad SMARTS) is 1. The number of aromatic hydroxyl groups is 2. The van der Waals surface area contributed by atoms with Gasteiger partial charge in [0.25, 0.3) is 0 Å². The van der Waals surface area contributed by atoms with Crippen LogP contribution < -0.4 is 0 Å². The molecule has 0 aromatic heterocycles. The van der Waals surface area contributed by atoms with Gasteiger partial charge in [-0.2, -0.15) is 0 Å². The lowest BCUT2D eigenvalue weighted by Crippen LogP contribution is -2.14. The Kier molecular flexibility index (Phi) is 7.90. The van der Waals surface area contributed by atoms with Crippen molar-refractivity contribution in [1.29, 1.82) is 0 Å². The predicted octanol–water partition coefficient (Wildman–Crippen LogP) is 6.16. The predicted molar refractivity (Wildman–Crippen MR) is 124 cm³/mol. The van der Waals surface area contributed by atoms with Gasteiger partial charge in [-0.25, -0.2) is 4.79 Å². The minimum Gasteiger partial charge on any atom is -0.507 e. The third-order valence-corrected chi connectivity index (χ3v) is 4.84. The lowest BCUT2D eigenvalue weighted by atomic mass is 9.81. The van der Waals surface area contributed by atoms with E-state index in [2.05, 4.69) is 74.1 Å². The third kappa shape index (κ3) is 6.65. The second-order valence-corrected chi connectivity index (χ2v) is 9.86. The lowest BCUT2D eigenvalue weighted by molar-refractivity contribution is -0.131. The topological polar surface area (TPSA) is 77.8 Å². The Morgan fingerprint density at radius 2 is 1.13 bits per heavy atom. The monoisotopic (exact) mass is 412 g/mol. The Bertz CT molecular complexity index is 858. The number of carbonyl (C=O) groups is 1. The fourth-order valence-corrected chi connectivity index (χ4v) is 3.33. The molecule has 3 N–H and O–H groups in total. The quantitative estimate of drug-likeness (QED) is 0.528. The van der Waals surface area contributed by atoms with Crippen LogP contribution in [-0.2, 0) is 22.0 Å². The summed E-state index contributed by atoms with van der Waals surface area (Å²) in [4.78, 5) is 9.25. The van der Waals surface area contributed by atoms with Crippen LogP contribution in [0.3, 0.4) is 0 Å². The molecule has 0 saturated carbocycles. The van der Waals surface area contributed by atoms with Crippen LogP contribution in [0.5, 0.6) is 11.5 Å². The summed E-state index contributed by atoms with van der Waals surface area (Å²) in [5.41, 5.74) is 5.63. The van der Waals surface area contributed by atoms with E-state index in [1.165, 1.54) is 0 Å². The molecule has 0 radical (unpaired) electrons. The van der Waals surface area contributed by atoms with Gasteiger partial charge in [0, 0.05) is 12.5 Å². The number of benzene rings is 2. The van der Waals surface area contributed by atoms with Crippen molar-refractivity contribution in [3.05, 3.63) is 70.3 Å². The summed E-state index contributed by atoms with van der Waals surface area (Å²) < 4.78 is 0. The summed E-state index contributed by atoms with van der Waals surface area (Å²) in [6.45, 7) is 19.7. The molecule has 164 valence electrons. The number of phenols is 2. The highest BCUT2D eigenvalue weighted by Gasteiger charge is 2.24. The van der Waals surface area contributed by atoms with Gasteiger partial charge in [-0.3, -0.25) is 0 Å². The van der Waals surface area contributed by atoms with Crippen LogP contribution in [0, 0.1) is 13.8 Å². The summed E-state index contributed by atoms with van der Waals surface area (Å²) in [6, 6.07) is 8.14. The molecule has 4 heteroatoms. The average Bonchev–Trinajstić information content (AvgIpc) is 2.59. The van der Waals surface area contributed by atoms with Crippen molar-refractivity contribution in [2.75, 3.05) is 0 Å². The van der Waals surface area contributed by atoms with Crippen molar-refractivity contribution < 1.29 is 20.1 Å². The van der Waals surface area contributed by atoms with E-state index in [-0.39, 0.29) is 10.8 Å². The minimum atomic E-state index is -0.981. The van der Waals surface area contributed by atoms with Crippen molar-refractivity contribution in [2.24, 2.45) is 0 Å². The molecule has 2 aromatic carbocycles. The molecule has 0 aliphatic heterocycles. The Balaban J connectivity index is 0.000000804. The fraction of sp³-hybridized carbons (Fsp3) is 0.423. The van der Waals surface area contributed by atoms with E-state index in [1.54, 1.807) is 0 Å². The number of hydrogen-bond acceptors (Lipinski definition) is 3. The van der Waals surface area contributed by atoms with Gasteiger partial charge in [0.15, 0.2) is 0 Å². The second-order valence-electron chi connectivity index (χ2n) is 9.86. The molecule has 0 saturated heterocycles. The van der Waals surface area contributed by atoms with Crippen LogP contribution in [0.15, 0.2) is 36.9 Å². The maximum absolute atomic E-state index is 10.8. The number of carboxylic acids is 1. The maximum Gasteiger partial charge on any atom is 0.327 e. The van der Waals surface area contributed by atoms with Crippen LogP contribution >= 0.6 is 0 Å². The summed E-state index contributed by atoms with van der Waals surface area (Å²) in [6.07, 6.45) is 1.35. The summed E-state index contributed by atoms with van der Waals surface area (Å²) in [7, 11) is 0. The SMILES string of the molecule is C=CC(=O)O.Cc1cc(Cc2cc(C)cc(C(C)(C)C)c2O)c(O)c(C(C)(C)C)c1. The number of phenolic OH excluding ortho intramolecular Hbond substituents is 2. The van der Waals surface area contributed by atoms with Gasteiger partial charge in [0.05, 0.1) is 0 Å². The molecular weight excluding hydrogens is 376 g/mol. The zero-order chi connectivity index (χ0) is 23.4. The molecule has 2 rings (SSSR count). The third-order valence-electron chi connectivity index (χ3n) is 4.84. The van der Waals surface area contributed by atoms with Crippen molar-refractivity contribution in [3.8, 4) is 11.5 Å². The molecule has 4 nitrogen and oxygen atoms in total. The van der Waals surface area contributed by atoms with Crippen LogP contribution in [0.2, 0.25) is 0 Å². The molecule has 0 aliphatic rings. The van der Waals surface area contributed by atoms with Gasteiger partial charge in [0.2, 0.25) is 0 Å². The number of aliphatic carboxylic acids is 1. The highest BCUT2D eigenvalue weighted by molar-refractivity contribution is 5.78. The molecule has 2 aromatic rings. The lowest BCUT2D eigenvalue weighted by Gasteiger charge is -2.25. The number of hydrogen-bond donors (Lipinski definition) is 3. The van der Waals surface area contributed by atoms with E-state index in [0.29, 0.717) is 17.9 Å². The van der Waals surface area contributed by atoms with Gasteiger partial charge >= 0.3 is 5.97 Å². The second kappa shape index (κ2) is 9.38. The van der Waals surface area contributed by atoms with E-state index >= 15 is 0 Å². The molecule has 0 atom stereocenters. The van der Waals surface area contributed by atoms with E-state index in [9.17, 15) is 15.0 Å². The first kappa shape index (κ1) is 25.3. The van der Waals surface area contributed by atoms with E-state index in [1.807, 2.05) is 12.1 Å². The maximum atomic E-state index is 10.8. The van der Waals surface area contributed by atoms with E-state index in [4.69, 9.17) is 5.11 Å². The van der Waals surface area contributed by atoms with Gasteiger partial charge < -0.3 is 15.3 Å². The molecule has 0 aliphatic carbocycles. The largest absolute Gasteiger partial charge is 0.507 e. The highest BCUT2D eigenvalue weighted by Crippen LogP contribution is 2.39. The molecule has 0 amide bonds. The van der Waals surface area contributed by atoms with Crippen molar-refractivity contribution in [3.63, 3.8) is 0 Å². The summed E-state index contributed by atoms with van der Waals surface area (Å²) in [5, 5.41) is 29.2. The number of rotatable bonds is 3. The molecule has 30 heavy (non-hydrogen) atoms. The van der Waals surface area contributed by atoms with Gasteiger partial charge in [-0.15, -0.1) is 0 Å². The highest BCUT2D eigenvalue weighted by atomic mass is 16.4. The molecular formula is C26H36O4. The van der Waals surface area contributed by atoms with Crippen molar-refractivity contribution in [2.45, 2.75) is 72.6 Å². The Hall–Kier alpha value is -2.75. The molecule has 0 fully saturated rings.